The number of benzene rings is 1. The summed E-state index contributed by atoms with van der Waals surface area (Å²) in [5.41, 5.74) is 2.12. The third-order valence-corrected chi connectivity index (χ3v) is 3.54. The van der Waals surface area contributed by atoms with Gasteiger partial charge in [-0.3, -0.25) is 9.69 Å². The Morgan fingerprint density at radius 1 is 1.24 bits per heavy atom. The Bertz CT molecular complexity index is 436. The first-order chi connectivity index (χ1) is 10.1. The molecule has 0 aliphatic carbocycles. The second-order valence-electron chi connectivity index (χ2n) is 5.86. The lowest BCUT2D eigenvalue weighted by molar-refractivity contribution is -0.117. The van der Waals surface area contributed by atoms with E-state index in [-0.39, 0.29) is 5.91 Å². The van der Waals surface area contributed by atoms with Crippen molar-refractivity contribution in [3.8, 4) is 0 Å². The predicted octanol–water partition coefficient (Wildman–Crippen LogP) is 0.982. The standard InChI is InChI=1S/C16H26N4O/c1-19(2)12-14-4-6-15(7-5-14)18-16(21)13-20-10-3-8-17-9-11-20/h4-7,17H,3,8-13H2,1-2H3,(H,18,21). The number of hydrogen-bond acceptors (Lipinski definition) is 4. The zero-order chi connectivity index (χ0) is 15.1. The molecular formula is C16H26N4O. The third kappa shape index (κ3) is 5.83. The highest BCUT2D eigenvalue weighted by Crippen LogP contribution is 2.10. The monoisotopic (exact) mass is 290 g/mol. The molecule has 1 heterocycles. The van der Waals surface area contributed by atoms with Crippen LogP contribution in [0.4, 0.5) is 5.69 Å². The first-order valence-electron chi connectivity index (χ1n) is 7.60. The maximum Gasteiger partial charge on any atom is 0.238 e. The summed E-state index contributed by atoms with van der Waals surface area (Å²) < 4.78 is 0. The molecule has 5 heteroatoms. The molecule has 1 aliphatic heterocycles. The Hall–Kier alpha value is -1.43. The van der Waals surface area contributed by atoms with Crippen LogP contribution in [-0.4, -0.2) is 62.5 Å². The van der Waals surface area contributed by atoms with E-state index in [1.165, 1.54) is 5.56 Å². The van der Waals surface area contributed by atoms with Crippen LogP contribution in [0.3, 0.4) is 0 Å². The molecule has 0 unspecified atom stereocenters. The molecule has 1 amide bonds. The molecule has 0 saturated carbocycles. The van der Waals surface area contributed by atoms with Crippen molar-refractivity contribution in [3.05, 3.63) is 29.8 Å². The maximum atomic E-state index is 12.1. The largest absolute Gasteiger partial charge is 0.325 e. The Balaban J connectivity index is 1.81. The van der Waals surface area contributed by atoms with Gasteiger partial charge in [0.2, 0.25) is 5.91 Å². The van der Waals surface area contributed by atoms with Crippen molar-refractivity contribution in [1.29, 1.82) is 0 Å². The van der Waals surface area contributed by atoms with Gasteiger partial charge < -0.3 is 15.5 Å². The number of hydrogen-bond donors (Lipinski definition) is 2. The van der Waals surface area contributed by atoms with E-state index in [2.05, 4.69) is 32.6 Å². The van der Waals surface area contributed by atoms with Crippen molar-refractivity contribution in [2.75, 3.05) is 52.1 Å². The zero-order valence-electron chi connectivity index (χ0n) is 13.1. The number of nitrogens with one attached hydrogen (secondary N) is 2. The summed E-state index contributed by atoms with van der Waals surface area (Å²) in [6.45, 7) is 5.32. The van der Waals surface area contributed by atoms with Gasteiger partial charge in [0.15, 0.2) is 0 Å². The summed E-state index contributed by atoms with van der Waals surface area (Å²) in [5.74, 6) is 0.0669. The number of amides is 1. The topological polar surface area (TPSA) is 47.6 Å². The van der Waals surface area contributed by atoms with E-state index < -0.39 is 0 Å². The number of anilines is 1. The Kier molecular flexibility index (Phi) is 6.17. The molecule has 1 aromatic rings. The smallest absolute Gasteiger partial charge is 0.238 e. The van der Waals surface area contributed by atoms with Gasteiger partial charge in [-0.2, -0.15) is 0 Å². The summed E-state index contributed by atoms with van der Waals surface area (Å²) in [5, 5.41) is 6.32. The SMILES string of the molecule is CN(C)Cc1ccc(NC(=O)CN2CCCNCC2)cc1. The third-order valence-electron chi connectivity index (χ3n) is 3.54. The van der Waals surface area contributed by atoms with E-state index in [9.17, 15) is 4.79 Å². The normalized spacial score (nSPS) is 16.7. The van der Waals surface area contributed by atoms with E-state index in [1.54, 1.807) is 0 Å². The molecule has 0 aromatic heterocycles. The van der Waals surface area contributed by atoms with Gasteiger partial charge in [0.05, 0.1) is 6.54 Å². The van der Waals surface area contributed by atoms with Crippen molar-refractivity contribution in [2.45, 2.75) is 13.0 Å². The average molecular weight is 290 g/mol. The van der Waals surface area contributed by atoms with Crippen LogP contribution in [0.25, 0.3) is 0 Å². The lowest BCUT2D eigenvalue weighted by atomic mass is 10.2. The molecule has 1 aliphatic rings. The molecular weight excluding hydrogens is 264 g/mol. The van der Waals surface area contributed by atoms with Crippen LogP contribution >= 0.6 is 0 Å². The molecule has 2 rings (SSSR count). The van der Waals surface area contributed by atoms with Gasteiger partial charge in [0.25, 0.3) is 0 Å². The van der Waals surface area contributed by atoms with Crippen LogP contribution in [0.15, 0.2) is 24.3 Å². The Morgan fingerprint density at radius 2 is 2.00 bits per heavy atom. The van der Waals surface area contributed by atoms with Crippen LogP contribution in [0.5, 0.6) is 0 Å². The van der Waals surface area contributed by atoms with E-state index in [0.717, 1.165) is 44.8 Å². The second-order valence-corrected chi connectivity index (χ2v) is 5.86. The summed E-state index contributed by atoms with van der Waals surface area (Å²) in [4.78, 5) is 16.4. The van der Waals surface area contributed by atoms with Gasteiger partial charge >= 0.3 is 0 Å². The van der Waals surface area contributed by atoms with E-state index in [1.807, 2.05) is 26.2 Å². The van der Waals surface area contributed by atoms with Crippen molar-refractivity contribution in [1.82, 2.24) is 15.1 Å². The van der Waals surface area contributed by atoms with Crippen molar-refractivity contribution >= 4 is 11.6 Å². The molecule has 1 saturated heterocycles. The van der Waals surface area contributed by atoms with Gasteiger partial charge in [-0.1, -0.05) is 12.1 Å². The molecule has 21 heavy (non-hydrogen) atoms. The molecule has 0 radical (unpaired) electrons. The highest BCUT2D eigenvalue weighted by Gasteiger charge is 2.12. The molecule has 0 spiro atoms. The first-order valence-corrected chi connectivity index (χ1v) is 7.60. The lowest BCUT2D eigenvalue weighted by Crippen LogP contribution is -2.35. The first kappa shape index (κ1) is 15.9. The number of rotatable bonds is 5. The van der Waals surface area contributed by atoms with Crippen LogP contribution < -0.4 is 10.6 Å². The minimum atomic E-state index is 0.0669. The van der Waals surface area contributed by atoms with E-state index in [0.29, 0.717) is 6.54 Å². The molecule has 5 nitrogen and oxygen atoms in total. The maximum absolute atomic E-state index is 12.1. The summed E-state index contributed by atoms with van der Waals surface area (Å²) in [6.07, 6.45) is 1.10. The van der Waals surface area contributed by atoms with Gasteiger partial charge in [-0.15, -0.1) is 0 Å². The molecule has 0 bridgehead atoms. The minimum Gasteiger partial charge on any atom is -0.325 e. The molecule has 116 valence electrons. The lowest BCUT2D eigenvalue weighted by Gasteiger charge is -2.18. The number of nitrogens with zero attached hydrogens (tertiary/aromatic N) is 2. The summed E-state index contributed by atoms with van der Waals surface area (Å²) in [7, 11) is 4.09. The van der Waals surface area contributed by atoms with Crippen molar-refractivity contribution in [3.63, 3.8) is 0 Å². The van der Waals surface area contributed by atoms with Crippen LogP contribution in [0.1, 0.15) is 12.0 Å². The Labute approximate surface area is 127 Å². The van der Waals surface area contributed by atoms with Gasteiger partial charge in [0.1, 0.15) is 0 Å². The van der Waals surface area contributed by atoms with E-state index >= 15 is 0 Å². The quantitative estimate of drug-likeness (QED) is 0.849. The highest BCUT2D eigenvalue weighted by molar-refractivity contribution is 5.92. The fourth-order valence-electron chi connectivity index (χ4n) is 2.52. The van der Waals surface area contributed by atoms with Crippen LogP contribution in [-0.2, 0) is 11.3 Å². The van der Waals surface area contributed by atoms with Gasteiger partial charge in [0, 0.05) is 25.3 Å². The fraction of sp³-hybridized carbons (Fsp3) is 0.562. The summed E-state index contributed by atoms with van der Waals surface area (Å²) in [6, 6.07) is 8.07. The van der Waals surface area contributed by atoms with E-state index in [4.69, 9.17) is 0 Å². The van der Waals surface area contributed by atoms with Crippen molar-refractivity contribution in [2.24, 2.45) is 0 Å². The van der Waals surface area contributed by atoms with Gasteiger partial charge in [-0.25, -0.2) is 0 Å². The average Bonchev–Trinajstić information content (AvgIpc) is 2.69. The molecule has 0 atom stereocenters. The zero-order valence-corrected chi connectivity index (χ0v) is 13.1. The molecule has 1 aromatic carbocycles. The van der Waals surface area contributed by atoms with Crippen LogP contribution in [0.2, 0.25) is 0 Å². The minimum absolute atomic E-state index is 0.0669. The molecule has 2 N–H and O–H groups in total. The van der Waals surface area contributed by atoms with Crippen molar-refractivity contribution < 1.29 is 4.79 Å². The number of carbonyl (C=O) groups excluding carboxylic acids is 1. The predicted molar refractivity (Wildman–Crippen MR) is 86.4 cm³/mol. The number of carbonyl (C=O) groups is 1. The highest BCUT2D eigenvalue weighted by atomic mass is 16.2. The fourth-order valence-corrected chi connectivity index (χ4v) is 2.52. The van der Waals surface area contributed by atoms with Gasteiger partial charge in [-0.05, 0) is 51.3 Å². The second kappa shape index (κ2) is 8.12. The molecule has 1 fully saturated rings. The summed E-state index contributed by atoms with van der Waals surface area (Å²) >= 11 is 0. The van der Waals surface area contributed by atoms with Crippen LogP contribution in [0, 0.1) is 0 Å². The Morgan fingerprint density at radius 3 is 2.71 bits per heavy atom.